The van der Waals surface area contributed by atoms with Crippen LogP contribution in [0.4, 0.5) is 0 Å². The SMILES string of the molecule is COC1OC1N1CCNCC1. The molecule has 2 rings (SSSR count). The molecule has 0 radical (unpaired) electrons. The van der Waals surface area contributed by atoms with Crippen molar-refractivity contribution in [3.8, 4) is 0 Å². The Morgan fingerprint density at radius 3 is 2.73 bits per heavy atom. The normalized spacial score (nSPS) is 39.0. The molecule has 0 aliphatic carbocycles. The van der Waals surface area contributed by atoms with E-state index in [4.69, 9.17) is 9.47 Å². The molecule has 2 unspecified atom stereocenters. The van der Waals surface area contributed by atoms with Gasteiger partial charge >= 0.3 is 0 Å². The van der Waals surface area contributed by atoms with Gasteiger partial charge in [0.15, 0.2) is 12.5 Å². The van der Waals surface area contributed by atoms with E-state index >= 15 is 0 Å². The second kappa shape index (κ2) is 3.06. The van der Waals surface area contributed by atoms with Gasteiger partial charge in [-0.25, -0.2) is 0 Å². The van der Waals surface area contributed by atoms with Gasteiger partial charge in [-0.3, -0.25) is 4.90 Å². The fourth-order valence-corrected chi connectivity index (χ4v) is 1.46. The van der Waals surface area contributed by atoms with Gasteiger partial charge in [0.05, 0.1) is 0 Å². The molecule has 2 aliphatic heterocycles. The first-order valence-corrected chi connectivity index (χ1v) is 4.05. The van der Waals surface area contributed by atoms with Crippen LogP contribution in [0.15, 0.2) is 0 Å². The smallest absolute Gasteiger partial charge is 0.199 e. The summed E-state index contributed by atoms with van der Waals surface area (Å²) in [6.45, 7) is 4.28. The molecule has 0 spiro atoms. The first-order valence-electron chi connectivity index (χ1n) is 4.05. The second-order valence-corrected chi connectivity index (χ2v) is 2.92. The minimum atomic E-state index is 0.0353. The highest BCUT2D eigenvalue weighted by atomic mass is 16.8. The molecule has 2 fully saturated rings. The number of piperazine rings is 1. The molecule has 2 saturated heterocycles. The number of nitrogens with one attached hydrogen (secondary N) is 1. The maximum atomic E-state index is 5.28. The molecular formula is C7H14N2O2. The third-order valence-corrected chi connectivity index (χ3v) is 2.17. The van der Waals surface area contributed by atoms with Gasteiger partial charge in [-0.05, 0) is 0 Å². The third kappa shape index (κ3) is 1.54. The molecule has 0 amide bonds. The summed E-state index contributed by atoms with van der Waals surface area (Å²) in [5, 5.41) is 3.29. The number of rotatable bonds is 2. The summed E-state index contributed by atoms with van der Waals surface area (Å²) in [7, 11) is 1.69. The lowest BCUT2D eigenvalue weighted by Gasteiger charge is -2.25. The zero-order chi connectivity index (χ0) is 7.68. The number of epoxide rings is 1. The average Bonchev–Trinajstić information content (AvgIpc) is 2.85. The van der Waals surface area contributed by atoms with Crippen LogP contribution in [0.1, 0.15) is 0 Å². The van der Waals surface area contributed by atoms with E-state index in [1.165, 1.54) is 0 Å². The zero-order valence-corrected chi connectivity index (χ0v) is 6.75. The lowest BCUT2D eigenvalue weighted by molar-refractivity contribution is 0.0949. The maximum Gasteiger partial charge on any atom is 0.199 e. The van der Waals surface area contributed by atoms with Gasteiger partial charge in [0, 0.05) is 33.3 Å². The number of hydrogen-bond acceptors (Lipinski definition) is 4. The first kappa shape index (κ1) is 7.49. The Labute approximate surface area is 66.5 Å². The quantitative estimate of drug-likeness (QED) is 0.535. The van der Waals surface area contributed by atoms with Gasteiger partial charge in [-0.2, -0.15) is 0 Å². The summed E-state index contributed by atoms with van der Waals surface area (Å²) in [5.74, 6) is 0. The second-order valence-electron chi connectivity index (χ2n) is 2.92. The summed E-state index contributed by atoms with van der Waals surface area (Å²) < 4.78 is 10.3. The summed E-state index contributed by atoms with van der Waals surface area (Å²) in [5.41, 5.74) is 0. The predicted molar refractivity (Wildman–Crippen MR) is 40.1 cm³/mol. The number of hydrogen-bond donors (Lipinski definition) is 1. The van der Waals surface area contributed by atoms with Gasteiger partial charge in [0.25, 0.3) is 0 Å². The molecule has 2 heterocycles. The van der Waals surface area contributed by atoms with Crippen molar-refractivity contribution in [1.82, 2.24) is 10.2 Å². The molecule has 2 atom stereocenters. The fraction of sp³-hybridized carbons (Fsp3) is 1.00. The zero-order valence-electron chi connectivity index (χ0n) is 6.75. The van der Waals surface area contributed by atoms with Gasteiger partial charge in [0.1, 0.15) is 0 Å². The van der Waals surface area contributed by atoms with E-state index in [2.05, 4.69) is 10.2 Å². The Balaban J connectivity index is 1.77. The van der Waals surface area contributed by atoms with Gasteiger partial charge < -0.3 is 14.8 Å². The van der Waals surface area contributed by atoms with E-state index in [0.29, 0.717) is 0 Å². The average molecular weight is 158 g/mol. The standard InChI is InChI=1S/C7H14N2O2/c1-10-7-6(11-7)9-4-2-8-3-5-9/h6-8H,2-5H2,1H3. The van der Waals surface area contributed by atoms with Crippen molar-refractivity contribution in [3.05, 3.63) is 0 Å². The van der Waals surface area contributed by atoms with E-state index in [-0.39, 0.29) is 12.5 Å². The maximum absolute atomic E-state index is 5.28. The fourth-order valence-electron chi connectivity index (χ4n) is 1.46. The summed E-state index contributed by atoms with van der Waals surface area (Å²) in [6.07, 6.45) is 0.273. The van der Waals surface area contributed by atoms with Crippen molar-refractivity contribution in [1.29, 1.82) is 0 Å². The highest BCUT2D eigenvalue weighted by Crippen LogP contribution is 2.26. The van der Waals surface area contributed by atoms with E-state index in [0.717, 1.165) is 26.2 Å². The van der Waals surface area contributed by atoms with E-state index in [9.17, 15) is 0 Å². The van der Waals surface area contributed by atoms with Crippen molar-refractivity contribution in [2.75, 3.05) is 33.3 Å². The van der Waals surface area contributed by atoms with Crippen LogP contribution in [0, 0.1) is 0 Å². The van der Waals surface area contributed by atoms with Crippen LogP contribution in [-0.4, -0.2) is 50.7 Å². The summed E-state index contributed by atoms with van der Waals surface area (Å²) >= 11 is 0. The summed E-state index contributed by atoms with van der Waals surface area (Å²) in [4.78, 5) is 2.31. The van der Waals surface area contributed by atoms with E-state index < -0.39 is 0 Å². The van der Waals surface area contributed by atoms with Gasteiger partial charge in [-0.15, -0.1) is 0 Å². The highest BCUT2D eigenvalue weighted by Gasteiger charge is 2.44. The monoisotopic (exact) mass is 158 g/mol. The molecule has 0 aromatic carbocycles. The molecule has 4 nitrogen and oxygen atoms in total. The third-order valence-electron chi connectivity index (χ3n) is 2.17. The molecule has 64 valence electrons. The minimum absolute atomic E-state index is 0.0353. The van der Waals surface area contributed by atoms with Crippen LogP contribution in [0.25, 0.3) is 0 Å². The van der Waals surface area contributed by atoms with Crippen molar-refractivity contribution < 1.29 is 9.47 Å². The van der Waals surface area contributed by atoms with Crippen LogP contribution in [0.5, 0.6) is 0 Å². The lowest BCUT2D eigenvalue weighted by Crippen LogP contribution is -2.45. The van der Waals surface area contributed by atoms with E-state index in [1.54, 1.807) is 7.11 Å². The Morgan fingerprint density at radius 2 is 2.18 bits per heavy atom. The van der Waals surface area contributed by atoms with Crippen molar-refractivity contribution in [2.45, 2.75) is 12.5 Å². The first-order chi connectivity index (χ1) is 5.42. The molecule has 0 aromatic rings. The Morgan fingerprint density at radius 1 is 1.45 bits per heavy atom. The van der Waals surface area contributed by atoms with E-state index in [1.807, 2.05) is 0 Å². The molecule has 0 aromatic heterocycles. The Bertz CT molecular complexity index is 136. The molecule has 11 heavy (non-hydrogen) atoms. The Hall–Kier alpha value is -0.160. The van der Waals surface area contributed by atoms with Gasteiger partial charge in [-0.1, -0.05) is 0 Å². The molecular weight excluding hydrogens is 144 g/mol. The minimum Gasteiger partial charge on any atom is -0.352 e. The molecule has 1 N–H and O–H groups in total. The largest absolute Gasteiger partial charge is 0.352 e. The van der Waals surface area contributed by atoms with Crippen molar-refractivity contribution >= 4 is 0 Å². The van der Waals surface area contributed by atoms with Crippen LogP contribution in [0.2, 0.25) is 0 Å². The lowest BCUT2D eigenvalue weighted by atomic mass is 10.4. The number of ether oxygens (including phenoxy) is 2. The summed E-state index contributed by atoms with van der Waals surface area (Å²) in [6, 6.07) is 0. The van der Waals surface area contributed by atoms with Crippen molar-refractivity contribution in [2.24, 2.45) is 0 Å². The number of nitrogens with zero attached hydrogens (tertiary/aromatic N) is 1. The van der Waals surface area contributed by atoms with Crippen LogP contribution in [0.3, 0.4) is 0 Å². The van der Waals surface area contributed by atoms with Crippen LogP contribution >= 0.6 is 0 Å². The number of methoxy groups -OCH3 is 1. The van der Waals surface area contributed by atoms with Crippen LogP contribution in [-0.2, 0) is 9.47 Å². The molecule has 2 aliphatic rings. The van der Waals surface area contributed by atoms with Crippen molar-refractivity contribution in [3.63, 3.8) is 0 Å². The molecule has 0 bridgehead atoms. The predicted octanol–water partition coefficient (Wildman–Crippen LogP) is -0.780. The van der Waals surface area contributed by atoms with Crippen LogP contribution < -0.4 is 5.32 Å². The van der Waals surface area contributed by atoms with Gasteiger partial charge in [0.2, 0.25) is 0 Å². The topological polar surface area (TPSA) is 37.0 Å². The Kier molecular flexibility index (Phi) is 2.09. The molecule has 0 saturated carbocycles. The molecule has 4 heteroatoms. The highest BCUT2D eigenvalue weighted by molar-refractivity contribution is 4.81.